The van der Waals surface area contributed by atoms with Crippen LogP contribution in [-0.2, 0) is 12.8 Å². The molecule has 0 radical (unpaired) electrons. The van der Waals surface area contributed by atoms with Crippen molar-refractivity contribution in [3.8, 4) is 11.5 Å². The van der Waals surface area contributed by atoms with Gasteiger partial charge in [-0.1, -0.05) is 54.6 Å². The van der Waals surface area contributed by atoms with Crippen LogP contribution < -0.4 is 4.74 Å². The molecule has 4 heteroatoms. The molecule has 0 aliphatic carbocycles. The highest BCUT2D eigenvalue weighted by atomic mass is 16.5. The summed E-state index contributed by atoms with van der Waals surface area (Å²) in [5.41, 5.74) is 4.75. The predicted octanol–water partition coefficient (Wildman–Crippen LogP) is 6.76. The molecule has 0 amide bonds. The maximum Gasteiger partial charge on any atom is 0.119 e. The van der Waals surface area contributed by atoms with Gasteiger partial charge in [0.05, 0.1) is 6.61 Å². The van der Waals surface area contributed by atoms with Gasteiger partial charge in [0.15, 0.2) is 0 Å². The van der Waals surface area contributed by atoms with Crippen molar-refractivity contribution in [2.75, 3.05) is 33.8 Å². The van der Waals surface area contributed by atoms with Gasteiger partial charge in [0, 0.05) is 36.5 Å². The van der Waals surface area contributed by atoms with Gasteiger partial charge in [-0.15, -0.1) is 0 Å². The predicted molar refractivity (Wildman–Crippen MR) is 156 cm³/mol. The van der Waals surface area contributed by atoms with E-state index < -0.39 is 0 Å². The zero-order valence-corrected chi connectivity index (χ0v) is 23.7. The van der Waals surface area contributed by atoms with Crippen molar-refractivity contribution in [3.63, 3.8) is 0 Å². The minimum atomic E-state index is 0.136. The van der Waals surface area contributed by atoms with Crippen LogP contribution in [0.5, 0.6) is 11.5 Å². The van der Waals surface area contributed by atoms with Crippen molar-refractivity contribution in [1.82, 2.24) is 9.80 Å². The smallest absolute Gasteiger partial charge is 0.119 e. The van der Waals surface area contributed by atoms with Gasteiger partial charge >= 0.3 is 0 Å². The van der Waals surface area contributed by atoms with Gasteiger partial charge in [-0.05, 0) is 96.1 Å². The molecule has 3 aromatic carbocycles. The average Bonchev–Trinajstić information content (AvgIpc) is 2.87. The van der Waals surface area contributed by atoms with Crippen LogP contribution in [0, 0.1) is 0 Å². The van der Waals surface area contributed by atoms with Crippen LogP contribution in [0.2, 0.25) is 0 Å². The molecule has 200 valence electrons. The fraction of sp³-hybridized carbons (Fsp3) is 0.455. The number of hydrogen-bond acceptors (Lipinski definition) is 4. The molecule has 0 aromatic heterocycles. The Morgan fingerprint density at radius 1 is 0.757 bits per heavy atom. The largest absolute Gasteiger partial charge is 0.508 e. The van der Waals surface area contributed by atoms with Crippen LogP contribution in [0.15, 0.2) is 72.8 Å². The van der Waals surface area contributed by atoms with Gasteiger partial charge in [-0.3, -0.25) is 4.90 Å². The summed E-state index contributed by atoms with van der Waals surface area (Å²) >= 11 is 0. The van der Waals surface area contributed by atoms with Crippen molar-refractivity contribution < 1.29 is 9.84 Å². The number of ether oxygens (including phenoxy) is 1. The molecule has 0 heterocycles. The Morgan fingerprint density at radius 2 is 1.41 bits per heavy atom. The van der Waals surface area contributed by atoms with E-state index in [1.165, 1.54) is 16.7 Å². The lowest BCUT2D eigenvalue weighted by Crippen LogP contribution is -2.38. The standard InChI is InChI=1S/C33H46N2O2/c1-25(2)35(26(3)4)22-19-31(29-10-8-7-9-11-29)32-24-28(14-17-33(32)36)20-23-37-30-15-12-27(13-16-30)18-21-34(5)6/h7-17,24-26,31,36H,18-23H2,1-6H3/t31-/m1/s1. The van der Waals surface area contributed by atoms with E-state index in [2.05, 4.69) is 112 Å². The minimum absolute atomic E-state index is 0.136. The lowest BCUT2D eigenvalue weighted by molar-refractivity contribution is 0.170. The van der Waals surface area contributed by atoms with E-state index in [1.54, 1.807) is 0 Å². The normalized spacial score (nSPS) is 12.6. The summed E-state index contributed by atoms with van der Waals surface area (Å²) in [7, 11) is 4.19. The first-order chi connectivity index (χ1) is 17.7. The second-order valence-corrected chi connectivity index (χ2v) is 10.9. The Bertz CT molecular complexity index is 1050. The molecule has 1 atom stereocenters. The molecular weight excluding hydrogens is 456 g/mol. The summed E-state index contributed by atoms with van der Waals surface area (Å²) < 4.78 is 6.06. The summed E-state index contributed by atoms with van der Waals surface area (Å²) in [5.74, 6) is 1.40. The lowest BCUT2D eigenvalue weighted by atomic mass is 9.86. The molecule has 0 fully saturated rings. The first kappa shape index (κ1) is 28.7. The van der Waals surface area contributed by atoms with Gasteiger partial charge in [-0.2, -0.15) is 0 Å². The minimum Gasteiger partial charge on any atom is -0.508 e. The molecule has 0 aliphatic rings. The Hall–Kier alpha value is -2.82. The molecule has 0 unspecified atom stereocenters. The summed E-state index contributed by atoms with van der Waals surface area (Å²) in [4.78, 5) is 4.72. The second-order valence-electron chi connectivity index (χ2n) is 10.9. The monoisotopic (exact) mass is 502 g/mol. The molecule has 0 spiro atoms. The van der Waals surface area contributed by atoms with Crippen LogP contribution in [0.1, 0.15) is 62.3 Å². The molecule has 3 aromatic rings. The zero-order chi connectivity index (χ0) is 26.8. The Kier molecular flexibility index (Phi) is 11.0. The molecule has 37 heavy (non-hydrogen) atoms. The van der Waals surface area contributed by atoms with Crippen LogP contribution in [0.3, 0.4) is 0 Å². The number of hydrogen-bond donors (Lipinski definition) is 1. The van der Waals surface area contributed by atoms with E-state index in [0.29, 0.717) is 24.4 Å². The van der Waals surface area contributed by atoms with Crippen LogP contribution >= 0.6 is 0 Å². The number of phenols is 1. The molecule has 0 saturated carbocycles. The number of likely N-dealkylation sites (N-methyl/N-ethyl adjacent to an activating group) is 1. The van der Waals surface area contributed by atoms with E-state index in [1.807, 2.05) is 12.1 Å². The Labute approximate surface area is 224 Å². The van der Waals surface area contributed by atoms with E-state index >= 15 is 0 Å². The number of rotatable bonds is 14. The highest BCUT2D eigenvalue weighted by Crippen LogP contribution is 2.35. The molecule has 4 nitrogen and oxygen atoms in total. The van der Waals surface area contributed by atoms with Gasteiger partial charge in [0.25, 0.3) is 0 Å². The molecule has 3 rings (SSSR count). The quantitative estimate of drug-likeness (QED) is 0.264. The molecule has 1 N–H and O–H groups in total. The highest BCUT2D eigenvalue weighted by Gasteiger charge is 2.21. The van der Waals surface area contributed by atoms with E-state index in [9.17, 15) is 5.11 Å². The fourth-order valence-corrected chi connectivity index (χ4v) is 5.01. The summed E-state index contributed by atoms with van der Waals surface area (Å²) in [6, 6.07) is 26.0. The maximum absolute atomic E-state index is 10.9. The molecular formula is C33H46N2O2. The Morgan fingerprint density at radius 3 is 2.03 bits per heavy atom. The van der Waals surface area contributed by atoms with E-state index in [0.717, 1.165) is 43.7 Å². The van der Waals surface area contributed by atoms with Crippen LogP contribution in [0.25, 0.3) is 0 Å². The van der Waals surface area contributed by atoms with Crippen molar-refractivity contribution >= 4 is 0 Å². The van der Waals surface area contributed by atoms with Gasteiger partial charge in [0.1, 0.15) is 11.5 Å². The molecule has 0 bridgehead atoms. The second kappa shape index (κ2) is 14.2. The van der Waals surface area contributed by atoms with Crippen molar-refractivity contribution in [2.24, 2.45) is 0 Å². The zero-order valence-electron chi connectivity index (χ0n) is 23.7. The highest BCUT2D eigenvalue weighted by molar-refractivity contribution is 5.44. The first-order valence-electron chi connectivity index (χ1n) is 13.7. The molecule has 0 aliphatic heterocycles. The summed E-state index contributed by atoms with van der Waals surface area (Å²) in [5, 5.41) is 10.9. The summed E-state index contributed by atoms with van der Waals surface area (Å²) in [6.07, 6.45) is 2.79. The van der Waals surface area contributed by atoms with Crippen molar-refractivity contribution in [3.05, 3.63) is 95.1 Å². The SMILES string of the molecule is CC(C)N(CC[C@H](c1ccccc1)c1cc(CCOc2ccc(CCN(C)C)cc2)ccc1O)C(C)C. The van der Waals surface area contributed by atoms with Gasteiger partial charge in [-0.25, -0.2) is 0 Å². The van der Waals surface area contributed by atoms with Crippen molar-refractivity contribution in [2.45, 2.75) is 65.0 Å². The van der Waals surface area contributed by atoms with E-state index in [-0.39, 0.29) is 5.92 Å². The maximum atomic E-state index is 10.9. The number of nitrogens with zero attached hydrogens (tertiary/aromatic N) is 2. The number of aromatic hydroxyl groups is 1. The van der Waals surface area contributed by atoms with Crippen LogP contribution in [-0.4, -0.2) is 60.8 Å². The van der Waals surface area contributed by atoms with Gasteiger partial charge < -0.3 is 14.7 Å². The topological polar surface area (TPSA) is 35.9 Å². The van der Waals surface area contributed by atoms with Gasteiger partial charge in [0.2, 0.25) is 0 Å². The Balaban J connectivity index is 1.69. The average molecular weight is 503 g/mol. The van der Waals surface area contributed by atoms with Crippen molar-refractivity contribution in [1.29, 1.82) is 0 Å². The lowest BCUT2D eigenvalue weighted by Gasteiger charge is -2.32. The third-order valence-corrected chi connectivity index (χ3v) is 7.10. The summed E-state index contributed by atoms with van der Waals surface area (Å²) in [6.45, 7) is 11.7. The third kappa shape index (κ3) is 8.91. The number of phenolic OH excluding ortho intramolecular Hbond substituents is 1. The first-order valence-corrected chi connectivity index (χ1v) is 13.7. The third-order valence-electron chi connectivity index (χ3n) is 7.10. The van der Waals surface area contributed by atoms with Crippen LogP contribution in [0.4, 0.5) is 0 Å². The van der Waals surface area contributed by atoms with E-state index in [4.69, 9.17) is 4.74 Å². The number of benzene rings is 3. The fourth-order valence-electron chi connectivity index (χ4n) is 5.01. The molecule has 0 saturated heterocycles.